The zero-order valence-electron chi connectivity index (χ0n) is 14.6. The smallest absolute Gasteiger partial charge is 0.162 e. The molecule has 0 atom stereocenters. The molecule has 1 N–H and O–H groups in total. The molecule has 1 aromatic rings. The molecule has 6 nitrogen and oxygen atoms in total. The van der Waals surface area contributed by atoms with E-state index in [1.165, 1.54) is 5.70 Å². The highest BCUT2D eigenvalue weighted by Gasteiger charge is 2.21. The zero-order chi connectivity index (χ0) is 17.3. The van der Waals surface area contributed by atoms with Gasteiger partial charge in [0.2, 0.25) is 0 Å². The first kappa shape index (κ1) is 15.5. The van der Waals surface area contributed by atoms with Crippen LogP contribution in [0.5, 0.6) is 11.5 Å². The van der Waals surface area contributed by atoms with Gasteiger partial charge in [-0.2, -0.15) is 0 Å². The van der Waals surface area contributed by atoms with Crippen molar-refractivity contribution in [1.82, 2.24) is 15.1 Å². The fraction of sp³-hybridized carbons (Fsp3) is 0.350. The van der Waals surface area contributed by atoms with Crippen molar-refractivity contribution in [3.8, 4) is 11.5 Å². The summed E-state index contributed by atoms with van der Waals surface area (Å²) in [6.07, 6.45) is 8.66. The fourth-order valence-corrected chi connectivity index (χ4v) is 3.62. The molecule has 0 saturated carbocycles. The molecular formula is C20H22N4O2. The molecule has 4 aliphatic heterocycles. The van der Waals surface area contributed by atoms with Gasteiger partial charge in [0.25, 0.3) is 0 Å². The maximum Gasteiger partial charge on any atom is 0.162 e. The standard InChI is InChI=1S/C20H22N4O2/c1-3-18-19(26-12-11-25-18)13-15(1)17-5-8-24-14-16(2-4-20(24)22-17)23-9-6-21-7-10-23/h1-5,13-14,21H,6-12H2. The van der Waals surface area contributed by atoms with E-state index >= 15 is 0 Å². The van der Waals surface area contributed by atoms with Gasteiger partial charge in [0, 0.05) is 44.5 Å². The molecule has 26 heavy (non-hydrogen) atoms. The predicted molar refractivity (Wildman–Crippen MR) is 101 cm³/mol. The minimum atomic E-state index is 0.597. The number of aliphatic imine (C=N–C) groups is 1. The zero-order valence-corrected chi connectivity index (χ0v) is 14.6. The lowest BCUT2D eigenvalue weighted by Gasteiger charge is -2.34. The minimum Gasteiger partial charge on any atom is -0.486 e. The van der Waals surface area contributed by atoms with Gasteiger partial charge in [-0.15, -0.1) is 0 Å². The molecule has 6 heteroatoms. The van der Waals surface area contributed by atoms with Gasteiger partial charge in [-0.05, 0) is 36.4 Å². The van der Waals surface area contributed by atoms with E-state index in [1.54, 1.807) is 0 Å². The first-order valence-corrected chi connectivity index (χ1v) is 9.18. The van der Waals surface area contributed by atoms with E-state index in [-0.39, 0.29) is 0 Å². The molecule has 0 aromatic heterocycles. The van der Waals surface area contributed by atoms with Gasteiger partial charge in [-0.25, -0.2) is 4.99 Å². The van der Waals surface area contributed by atoms with Crippen LogP contribution in [0.1, 0.15) is 5.56 Å². The molecule has 0 aliphatic carbocycles. The van der Waals surface area contributed by atoms with E-state index in [2.05, 4.69) is 39.5 Å². The summed E-state index contributed by atoms with van der Waals surface area (Å²) in [5, 5.41) is 3.40. The average Bonchev–Trinajstić information content (AvgIpc) is 2.73. The van der Waals surface area contributed by atoms with Crippen LogP contribution >= 0.6 is 0 Å². The largest absolute Gasteiger partial charge is 0.486 e. The number of hydrogen-bond acceptors (Lipinski definition) is 6. The van der Waals surface area contributed by atoms with Gasteiger partial charge in [-0.3, -0.25) is 0 Å². The Morgan fingerprint density at radius 3 is 2.73 bits per heavy atom. The molecule has 4 heterocycles. The quantitative estimate of drug-likeness (QED) is 0.882. The van der Waals surface area contributed by atoms with Crippen LogP contribution < -0.4 is 14.8 Å². The summed E-state index contributed by atoms with van der Waals surface area (Å²) in [6, 6.07) is 6.04. The highest BCUT2D eigenvalue weighted by molar-refractivity contribution is 6.00. The Hall–Kier alpha value is -2.73. The third-order valence-corrected chi connectivity index (χ3v) is 5.02. The van der Waals surface area contributed by atoms with Gasteiger partial charge in [-0.1, -0.05) is 0 Å². The summed E-state index contributed by atoms with van der Waals surface area (Å²) in [5.41, 5.74) is 3.31. The molecule has 0 unspecified atom stereocenters. The fourth-order valence-electron chi connectivity index (χ4n) is 3.62. The first-order chi connectivity index (χ1) is 12.9. The summed E-state index contributed by atoms with van der Waals surface area (Å²) in [6.45, 7) is 6.21. The number of ether oxygens (including phenoxy) is 2. The number of fused-ring (bicyclic) bond motifs is 2. The Morgan fingerprint density at radius 2 is 1.85 bits per heavy atom. The van der Waals surface area contributed by atoms with Crippen LogP contribution in [-0.2, 0) is 0 Å². The Balaban J connectivity index is 1.36. The minimum absolute atomic E-state index is 0.597. The normalized spacial score (nSPS) is 21.6. The Kier molecular flexibility index (Phi) is 3.90. The lowest BCUT2D eigenvalue weighted by atomic mass is 10.1. The summed E-state index contributed by atoms with van der Waals surface area (Å²) >= 11 is 0. The molecule has 0 spiro atoms. The van der Waals surface area contributed by atoms with Crippen molar-refractivity contribution in [2.75, 3.05) is 45.9 Å². The molecular weight excluding hydrogens is 328 g/mol. The monoisotopic (exact) mass is 350 g/mol. The lowest BCUT2D eigenvalue weighted by Crippen LogP contribution is -2.44. The van der Waals surface area contributed by atoms with Crippen LogP contribution in [0.4, 0.5) is 0 Å². The molecule has 1 saturated heterocycles. The summed E-state index contributed by atoms with van der Waals surface area (Å²) in [5.74, 6) is 2.60. The number of nitrogens with one attached hydrogen (secondary N) is 1. The van der Waals surface area contributed by atoms with E-state index in [9.17, 15) is 0 Å². The van der Waals surface area contributed by atoms with E-state index in [4.69, 9.17) is 14.5 Å². The second-order valence-corrected chi connectivity index (χ2v) is 6.69. The van der Waals surface area contributed by atoms with Crippen molar-refractivity contribution in [2.45, 2.75) is 0 Å². The maximum atomic E-state index is 5.70. The summed E-state index contributed by atoms with van der Waals surface area (Å²) in [4.78, 5) is 9.48. The number of piperazine rings is 1. The van der Waals surface area contributed by atoms with Crippen molar-refractivity contribution in [3.63, 3.8) is 0 Å². The van der Waals surface area contributed by atoms with E-state index < -0.39 is 0 Å². The number of nitrogens with zero attached hydrogens (tertiary/aromatic N) is 3. The second-order valence-electron chi connectivity index (χ2n) is 6.69. The summed E-state index contributed by atoms with van der Waals surface area (Å²) < 4.78 is 11.3. The van der Waals surface area contributed by atoms with Gasteiger partial charge in [0.15, 0.2) is 11.5 Å². The van der Waals surface area contributed by atoms with Gasteiger partial charge < -0.3 is 24.6 Å². The second kappa shape index (κ2) is 6.53. The van der Waals surface area contributed by atoms with Crippen molar-refractivity contribution in [3.05, 3.63) is 53.9 Å². The molecule has 1 fully saturated rings. The van der Waals surface area contributed by atoms with Gasteiger partial charge >= 0.3 is 0 Å². The Labute approximate surface area is 153 Å². The van der Waals surface area contributed by atoms with Gasteiger partial charge in [0.05, 0.1) is 11.4 Å². The van der Waals surface area contributed by atoms with Crippen LogP contribution in [0.15, 0.2) is 53.3 Å². The third kappa shape index (κ3) is 2.86. The van der Waals surface area contributed by atoms with Crippen molar-refractivity contribution >= 4 is 11.5 Å². The highest BCUT2D eigenvalue weighted by Crippen LogP contribution is 2.34. The van der Waals surface area contributed by atoms with E-state index in [0.29, 0.717) is 13.2 Å². The van der Waals surface area contributed by atoms with Crippen molar-refractivity contribution in [2.24, 2.45) is 4.99 Å². The molecule has 0 bridgehead atoms. The number of rotatable bonds is 2. The first-order valence-electron chi connectivity index (χ1n) is 9.18. The number of benzene rings is 1. The van der Waals surface area contributed by atoms with Crippen molar-refractivity contribution < 1.29 is 9.47 Å². The summed E-state index contributed by atoms with van der Waals surface area (Å²) in [7, 11) is 0. The Bertz CT molecular complexity index is 834. The molecule has 5 rings (SSSR count). The number of allylic oxidation sites excluding steroid dienone is 1. The Morgan fingerprint density at radius 1 is 1.00 bits per heavy atom. The van der Waals surface area contributed by atoms with Gasteiger partial charge in [0.1, 0.15) is 19.0 Å². The molecule has 4 aliphatic rings. The molecule has 134 valence electrons. The topological polar surface area (TPSA) is 49.3 Å². The molecule has 1 aromatic carbocycles. The highest BCUT2D eigenvalue weighted by atomic mass is 16.6. The van der Waals surface area contributed by atoms with E-state index in [0.717, 1.165) is 61.3 Å². The third-order valence-electron chi connectivity index (χ3n) is 5.02. The van der Waals surface area contributed by atoms with Crippen LogP contribution in [0, 0.1) is 0 Å². The predicted octanol–water partition coefficient (Wildman–Crippen LogP) is 1.83. The molecule has 0 radical (unpaired) electrons. The average molecular weight is 350 g/mol. The number of hydrogen-bond donors (Lipinski definition) is 1. The van der Waals surface area contributed by atoms with Crippen LogP contribution in [0.25, 0.3) is 5.70 Å². The number of amidine groups is 1. The molecule has 0 amide bonds. The van der Waals surface area contributed by atoms with Crippen LogP contribution in [-0.4, -0.2) is 61.6 Å². The van der Waals surface area contributed by atoms with Crippen molar-refractivity contribution in [1.29, 1.82) is 0 Å². The van der Waals surface area contributed by atoms with E-state index in [1.807, 2.05) is 18.2 Å². The lowest BCUT2D eigenvalue weighted by molar-refractivity contribution is 0.171. The SMILES string of the molecule is C1=CC2=NC(c3ccc4c(c3)OCCO4)=CCN2C=C1N1CCNCC1. The maximum absolute atomic E-state index is 5.70. The van der Waals surface area contributed by atoms with Crippen LogP contribution in [0.2, 0.25) is 0 Å². The van der Waals surface area contributed by atoms with Crippen LogP contribution in [0.3, 0.4) is 0 Å².